The summed E-state index contributed by atoms with van der Waals surface area (Å²) in [7, 11) is 0. The van der Waals surface area contributed by atoms with Gasteiger partial charge in [0.25, 0.3) is 0 Å². The van der Waals surface area contributed by atoms with Crippen molar-refractivity contribution in [3.05, 3.63) is 45.7 Å². The lowest BCUT2D eigenvalue weighted by atomic mass is 10.2. The zero-order valence-corrected chi connectivity index (χ0v) is 10.3. The number of benzene rings is 1. The van der Waals surface area contributed by atoms with Gasteiger partial charge in [-0.15, -0.1) is 0 Å². The molecule has 0 aliphatic rings. The van der Waals surface area contributed by atoms with Crippen molar-refractivity contribution in [3.63, 3.8) is 0 Å². The normalized spacial score (nSPS) is 10.3. The van der Waals surface area contributed by atoms with Gasteiger partial charge in [-0.25, -0.2) is 0 Å². The van der Waals surface area contributed by atoms with Crippen molar-refractivity contribution in [2.45, 2.75) is 6.92 Å². The molecule has 0 radical (unpaired) electrons. The van der Waals surface area contributed by atoms with Crippen LogP contribution in [0.1, 0.15) is 17.5 Å². The average Bonchev–Trinajstić information content (AvgIpc) is 2.68. The molecule has 0 unspecified atom stereocenters. The molecule has 0 aliphatic heterocycles. The van der Waals surface area contributed by atoms with E-state index in [-0.39, 0.29) is 5.78 Å². The van der Waals surface area contributed by atoms with E-state index in [1.165, 1.54) is 10.5 Å². The quantitative estimate of drug-likeness (QED) is 0.624. The third-order valence-electron chi connectivity index (χ3n) is 2.08. The number of ketones is 1. The van der Waals surface area contributed by atoms with Crippen LogP contribution >= 0.6 is 22.6 Å². The Labute approximate surface area is 101 Å². The van der Waals surface area contributed by atoms with Crippen LogP contribution in [0.2, 0.25) is 0 Å². The predicted molar refractivity (Wildman–Crippen MR) is 66.9 cm³/mol. The van der Waals surface area contributed by atoms with Gasteiger partial charge in [0.1, 0.15) is 5.76 Å². The molecule has 0 N–H and O–H groups in total. The summed E-state index contributed by atoms with van der Waals surface area (Å²) >= 11 is 2.25. The van der Waals surface area contributed by atoms with Gasteiger partial charge in [-0.05, 0) is 46.9 Å². The molecule has 1 heterocycles. The summed E-state index contributed by atoms with van der Waals surface area (Å²) in [5.41, 5.74) is 0.989. The molecular weight excluding hydrogens is 303 g/mol. The molecule has 76 valence electrons. The Bertz CT molecular complexity index is 483. The third-order valence-corrected chi connectivity index (χ3v) is 2.80. The van der Waals surface area contributed by atoms with Crippen molar-refractivity contribution in [2.75, 3.05) is 0 Å². The van der Waals surface area contributed by atoms with E-state index in [0.717, 1.165) is 11.3 Å². The van der Waals surface area contributed by atoms with E-state index in [4.69, 9.17) is 4.42 Å². The van der Waals surface area contributed by atoms with Crippen LogP contribution < -0.4 is 0 Å². The van der Waals surface area contributed by atoms with Crippen LogP contribution in [0.25, 0.3) is 11.3 Å². The van der Waals surface area contributed by atoms with Gasteiger partial charge in [-0.1, -0.05) is 12.1 Å². The molecule has 0 amide bonds. The lowest BCUT2D eigenvalue weighted by Crippen LogP contribution is -1.86. The molecule has 1 aromatic carbocycles. The van der Waals surface area contributed by atoms with Gasteiger partial charge in [0.2, 0.25) is 0 Å². The summed E-state index contributed by atoms with van der Waals surface area (Å²) < 4.78 is 6.59. The fraction of sp³-hybridized carbons (Fsp3) is 0.0833. The second-order valence-corrected chi connectivity index (χ2v) is 4.47. The second kappa shape index (κ2) is 4.18. The number of carbonyl (C=O) groups excluding carboxylic acids is 1. The number of hydrogen-bond acceptors (Lipinski definition) is 2. The summed E-state index contributed by atoms with van der Waals surface area (Å²) in [6, 6.07) is 11.5. The first-order valence-electron chi connectivity index (χ1n) is 4.53. The van der Waals surface area contributed by atoms with Crippen LogP contribution in [-0.4, -0.2) is 5.78 Å². The van der Waals surface area contributed by atoms with Gasteiger partial charge in [-0.2, -0.15) is 0 Å². The van der Waals surface area contributed by atoms with E-state index in [0.29, 0.717) is 5.76 Å². The Balaban J connectivity index is 2.37. The molecule has 0 spiro atoms. The maximum Gasteiger partial charge on any atom is 0.194 e. The molecule has 0 aliphatic carbocycles. The highest BCUT2D eigenvalue weighted by Crippen LogP contribution is 2.23. The van der Waals surface area contributed by atoms with Crippen molar-refractivity contribution in [3.8, 4) is 11.3 Å². The molecule has 2 rings (SSSR count). The molecular formula is C12H9IO2. The van der Waals surface area contributed by atoms with Gasteiger partial charge in [0.05, 0.1) is 0 Å². The van der Waals surface area contributed by atoms with E-state index >= 15 is 0 Å². The largest absolute Gasteiger partial charge is 0.453 e. The first-order chi connectivity index (χ1) is 7.16. The molecule has 15 heavy (non-hydrogen) atoms. The number of halogens is 1. The molecule has 0 bridgehead atoms. The van der Waals surface area contributed by atoms with Gasteiger partial charge >= 0.3 is 0 Å². The SMILES string of the molecule is CC(=O)c1ccc(-c2ccc(I)cc2)o1. The van der Waals surface area contributed by atoms with Crippen LogP contribution in [0.15, 0.2) is 40.8 Å². The molecule has 0 fully saturated rings. The molecule has 2 nitrogen and oxygen atoms in total. The zero-order valence-electron chi connectivity index (χ0n) is 8.16. The fourth-order valence-corrected chi connectivity index (χ4v) is 1.66. The highest BCUT2D eigenvalue weighted by atomic mass is 127. The van der Waals surface area contributed by atoms with E-state index in [1.54, 1.807) is 6.07 Å². The highest BCUT2D eigenvalue weighted by Gasteiger charge is 2.07. The number of furan rings is 1. The molecule has 0 saturated heterocycles. The fourth-order valence-electron chi connectivity index (χ4n) is 1.30. The molecule has 0 atom stereocenters. The number of Topliss-reactive ketones (excluding diaryl/α,β-unsaturated/α-hetero) is 1. The van der Waals surface area contributed by atoms with Crippen molar-refractivity contribution in [1.82, 2.24) is 0 Å². The van der Waals surface area contributed by atoms with Crippen molar-refractivity contribution < 1.29 is 9.21 Å². The first kappa shape index (κ1) is 10.4. The molecule has 0 saturated carbocycles. The lowest BCUT2D eigenvalue weighted by molar-refractivity contribution is 0.0988. The number of hydrogen-bond donors (Lipinski definition) is 0. The first-order valence-corrected chi connectivity index (χ1v) is 5.61. The van der Waals surface area contributed by atoms with Gasteiger partial charge in [-0.3, -0.25) is 4.79 Å². The zero-order chi connectivity index (χ0) is 10.8. The average molecular weight is 312 g/mol. The lowest BCUT2D eigenvalue weighted by Gasteiger charge is -1.96. The minimum absolute atomic E-state index is 0.0493. The van der Waals surface area contributed by atoms with Gasteiger partial charge in [0, 0.05) is 16.1 Å². The topological polar surface area (TPSA) is 30.2 Å². The van der Waals surface area contributed by atoms with Crippen molar-refractivity contribution >= 4 is 28.4 Å². The minimum Gasteiger partial charge on any atom is -0.453 e. The van der Waals surface area contributed by atoms with Crippen LogP contribution in [0.5, 0.6) is 0 Å². The van der Waals surface area contributed by atoms with Gasteiger partial charge in [0.15, 0.2) is 11.5 Å². The highest BCUT2D eigenvalue weighted by molar-refractivity contribution is 14.1. The monoisotopic (exact) mass is 312 g/mol. The van der Waals surface area contributed by atoms with Crippen LogP contribution in [-0.2, 0) is 0 Å². The maximum atomic E-state index is 11.0. The molecule has 1 aromatic heterocycles. The van der Waals surface area contributed by atoms with Crippen LogP contribution in [0, 0.1) is 3.57 Å². The standard InChI is InChI=1S/C12H9IO2/c1-8(14)11-6-7-12(15-11)9-2-4-10(13)5-3-9/h2-7H,1H3. The Morgan fingerprint density at radius 1 is 1.13 bits per heavy atom. The molecule has 2 aromatic rings. The summed E-state index contributed by atoms with van der Waals surface area (Å²) in [4.78, 5) is 11.0. The Hall–Kier alpha value is -1.10. The van der Waals surface area contributed by atoms with E-state index in [9.17, 15) is 4.79 Å². The third kappa shape index (κ3) is 2.28. The summed E-state index contributed by atoms with van der Waals surface area (Å²) in [5.74, 6) is 1.09. The minimum atomic E-state index is -0.0493. The summed E-state index contributed by atoms with van der Waals surface area (Å²) in [6.45, 7) is 1.50. The van der Waals surface area contributed by atoms with Gasteiger partial charge < -0.3 is 4.42 Å². The Morgan fingerprint density at radius 3 is 2.33 bits per heavy atom. The van der Waals surface area contributed by atoms with E-state index in [2.05, 4.69) is 22.6 Å². The number of rotatable bonds is 2. The summed E-state index contributed by atoms with van der Waals surface area (Å²) in [5, 5.41) is 0. The van der Waals surface area contributed by atoms with E-state index in [1.807, 2.05) is 30.3 Å². The number of carbonyl (C=O) groups is 1. The Morgan fingerprint density at radius 2 is 1.80 bits per heavy atom. The maximum absolute atomic E-state index is 11.0. The smallest absolute Gasteiger partial charge is 0.194 e. The summed E-state index contributed by atoms with van der Waals surface area (Å²) in [6.07, 6.45) is 0. The molecule has 3 heteroatoms. The van der Waals surface area contributed by atoms with Crippen LogP contribution in [0.4, 0.5) is 0 Å². The van der Waals surface area contributed by atoms with Crippen molar-refractivity contribution in [1.29, 1.82) is 0 Å². The van der Waals surface area contributed by atoms with E-state index < -0.39 is 0 Å². The Kier molecular flexibility index (Phi) is 2.90. The van der Waals surface area contributed by atoms with Crippen LogP contribution in [0.3, 0.4) is 0 Å². The van der Waals surface area contributed by atoms with Crippen molar-refractivity contribution in [2.24, 2.45) is 0 Å². The second-order valence-electron chi connectivity index (χ2n) is 3.23. The predicted octanol–water partition coefficient (Wildman–Crippen LogP) is 3.75.